The highest BCUT2D eigenvalue weighted by Gasteiger charge is 2.19. The van der Waals surface area contributed by atoms with E-state index in [-0.39, 0.29) is 12.0 Å². The van der Waals surface area contributed by atoms with Gasteiger partial charge in [0.05, 0.1) is 19.3 Å². The number of nitrogens with one attached hydrogen (secondary N) is 1. The number of methoxy groups -OCH3 is 1. The minimum Gasteiger partial charge on any atom is -0.497 e. The zero-order valence-electron chi connectivity index (χ0n) is 15.0. The van der Waals surface area contributed by atoms with Gasteiger partial charge in [-0.2, -0.15) is 0 Å². The molecule has 0 aliphatic heterocycles. The number of benzene rings is 1. The predicted molar refractivity (Wildman–Crippen MR) is 95.2 cm³/mol. The van der Waals surface area contributed by atoms with Crippen LogP contribution in [0.1, 0.15) is 51.5 Å². The number of carbonyl (C=O) groups is 1. The third-order valence-corrected chi connectivity index (χ3v) is 4.39. The summed E-state index contributed by atoms with van der Waals surface area (Å²) in [7, 11) is 1.64. The molecule has 0 heterocycles. The van der Waals surface area contributed by atoms with Gasteiger partial charge in [-0.15, -0.1) is 0 Å². The fourth-order valence-corrected chi connectivity index (χ4v) is 3.03. The molecule has 1 atom stereocenters. The van der Waals surface area contributed by atoms with Gasteiger partial charge in [-0.05, 0) is 50.2 Å². The lowest BCUT2D eigenvalue weighted by Crippen LogP contribution is -2.41. The van der Waals surface area contributed by atoms with Gasteiger partial charge in [0.1, 0.15) is 11.5 Å². The lowest BCUT2D eigenvalue weighted by molar-refractivity contribution is -0.122. The molecule has 1 aromatic carbocycles. The van der Waals surface area contributed by atoms with Gasteiger partial charge in [0.25, 0.3) is 0 Å². The fourth-order valence-electron chi connectivity index (χ4n) is 3.03. The number of hydrogen-bond donors (Lipinski definition) is 2. The van der Waals surface area contributed by atoms with E-state index in [1.165, 1.54) is 12.8 Å². The van der Waals surface area contributed by atoms with Crippen LogP contribution >= 0.6 is 0 Å². The second-order valence-electron chi connectivity index (χ2n) is 6.95. The molecule has 0 unspecified atom stereocenters. The lowest BCUT2D eigenvalue weighted by atomic mass is 10.0. The Bertz CT molecular complexity index is 539. The van der Waals surface area contributed by atoms with Crippen molar-refractivity contribution < 1.29 is 14.3 Å². The Labute approximate surface area is 144 Å². The van der Waals surface area contributed by atoms with Gasteiger partial charge in [0.15, 0.2) is 0 Å². The lowest BCUT2D eigenvalue weighted by Gasteiger charge is -2.19. The third-order valence-electron chi connectivity index (χ3n) is 4.39. The van der Waals surface area contributed by atoms with Gasteiger partial charge >= 0.3 is 0 Å². The zero-order valence-corrected chi connectivity index (χ0v) is 15.0. The SMILES string of the molecule is COc1ccc(CNC(=O)[C@@H](N)CC(C)C)c(OC2CCCC2)c1. The molecule has 1 aromatic rings. The van der Waals surface area contributed by atoms with E-state index in [9.17, 15) is 4.79 Å². The summed E-state index contributed by atoms with van der Waals surface area (Å²) >= 11 is 0. The third kappa shape index (κ3) is 5.41. The van der Waals surface area contributed by atoms with Crippen LogP contribution in [0.3, 0.4) is 0 Å². The molecule has 1 fully saturated rings. The summed E-state index contributed by atoms with van der Waals surface area (Å²) in [6.07, 6.45) is 5.54. The molecule has 5 heteroatoms. The Morgan fingerprint density at radius 3 is 2.67 bits per heavy atom. The molecule has 3 N–H and O–H groups in total. The van der Waals surface area contributed by atoms with Crippen molar-refractivity contribution >= 4 is 5.91 Å². The second-order valence-corrected chi connectivity index (χ2v) is 6.95. The number of amides is 1. The molecular formula is C19H30N2O3. The summed E-state index contributed by atoms with van der Waals surface area (Å²) in [6.45, 7) is 4.53. The quantitative estimate of drug-likeness (QED) is 0.766. The van der Waals surface area contributed by atoms with Crippen LogP contribution in [0, 0.1) is 5.92 Å². The summed E-state index contributed by atoms with van der Waals surface area (Å²) in [5, 5.41) is 2.92. The Hall–Kier alpha value is -1.75. The van der Waals surface area contributed by atoms with E-state index < -0.39 is 6.04 Å². The average molecular weight is 334 g/mol. The first-order valence-electron chi connectivity index (χ1n) is 8.86. The number of rotatable bonds is 8. The molecule has 1 aliphatic carbocycles. The molecule has 0 bridgehead atoms. The average Bonchev–Trinajstić information content (AvgIpc) is 3.05. The summed E-state index contributed by atoms with van der Waals surface area (Å²) in [6, 6.07) is 5.25. The van der Waals surface area contributed by atoms with Gasteiger partial charge in [0, 0.05) is 18.2 Å². The Balaban J connectivity index is 2.01. The van der Waals surface area contributed by atoms with Crippen molar-refractivity contribution in [2.75, 3.05) is 7.11 Å². The number of nitrogens with two attached hydrogens (primary N) is 1. The number of ether oxygens (including phenoxy) is 2. The van der Waals surface area contributed by atoms with Crippen LogP contribution in [0.5, 0.6) is 11.5 Å². The second kappa shape index (κ2) is 8.92. The maximum Gasteiger partial charge on any atom is 0.237 e. The first kappa shape index (κ1) is 18.6. The molecule has 5 nitrogen and oxygen atoms in total. The number of hydrogen-bond acceptors (Lipinski definition) is 4. The van der Waals surface area contributed by atoms with Crippen LogP contribution < -0.4 is 20.5 Å². The normalized spacial score (nSPS) is 16.2. The van der Waals surface area contributed by atoms with Gasteiger partial charge < -0.3 is 20.5 Å². The first-order chi connectivity index (χ1) is 11.5. The Morgan fingerprint density at radius 1 is 1.33 bits per heavy atom. The standard InChI is InChI=1S/C19H30N2O3/c1-13(2)10-17(20)19(22)21-12-14-8-9-16(23-3)11-18(14)24-15-6-4-5-7-15/h8-9,11,13,15,17H,4-7,10,12,20H2,1-3H3,(H,21,22)/t17-/m0/s1. The van der Waals surface area contributed by atoms with Gasteiger partial charge in [0.2, 0.25) is 5.91 Å². The highest BCUT2D eigenvalue weighted by atomic mass is 16.5. The van der Waals surface area contributed by atoms with E-state index in [1.54, 1.807) is 7.11 Å². The summed E-state index contributed by atoms with van der Waals surface area (Å²) < 4.78 is 11.4. The monoisotopic (exact) mass is 334 g/mol. The van der Waals surface area contributed by atoms with Gasteiger partial charge in [-0.25, -0.2) is 0 Å². The highest BCUT2D eigenvalue weighted by Crippen LogP contribution is 2.30. The Morgan fingerprint density at radius 2 is 2.04 bits per heavy atom. The van der Waals surface area contributed by atoms with E-state index in [1.807, 2.05) is 18.2 Å². The molecule has 2 rings (SSSR count). The van der Waals surface area contributed by atoms with E-state index in [2.05, 4.69) is 19.2 Å². The maximum absolute atomic E-state index is 12.1. The van der Waals surface area contributed by atoms with Crippen LogP contribution in [0.25, 0.3) is 0 Å². The van der Waals surface area contributed by atoms with E-state index in [0.717, 1.165) is 29.9 Å². The molecule has 0 radical (unpaired) electrons. The summed E-state index contributed by atoms with van der Waals surface area (Å²) in [4.78, 5) is 12.1. The Kier molecular flexibility index (Phi) is 6.91. The number of carbonyl (C=O) groups excluding carboxylic acids is 1. The molecule has 24 heavy (non-hydrogen) atoms. The minimum absolute atomic E-state index is 0.119. The van der Waals surface area contributed by atoms with Crippen LogP contribution in [0.15, 0.2) is 18.2 Å². The van der Waals surface area contributed by atoms with E-state index in [0.29, 0.717) is 18.9 Å². The fraction of sp³-hybridized carbons (Fsp3) is 0.632. The highest BCUT2D eigenvalue weighted by molar-refractivity contribution is 5.81. The van der Waals surface area contributed by atoms with Gasteiger partial charge in [-0.1, -0.05) is 13.8 Å². The summed E-state index contributed by atoms with van der Waals surface area (Å²) in [5.74, 6) is 1.83. The van der Waals surface area contributed by atoms with Crippen LogP contribution in [0.4, 0.5) is 0 Å². The summed E-state index contributed by atoms with van der Waals surface area (Å²) in [5.41, 5.74) is 6.89. The van der Waals surface area contributed by atoms with Crippen molar-refractivity contribution in [2.24, 2.45) is 11.7 Å². The van der Waals surface area contributed by atoms with Crippen LogP contribution in [0.2, 0.25) is 0 Å². The molecular weight excluding hydrogens is 304 g/mol. The van der Waals surface area contributed by atoms with Crippen LogP contribution in [-0.2, 0) is 11.3 Å². The topological polar surface area (TPSA) is 73.6 Å². The largest absolute Gasteiger partial charge is 0.497 e. The van der Waals surface area contributed by atoms with Crippen molar-refractivity contribution in [3.05, 3.63) is 23.8 Å². The van der Waals surface area contributed by atoms with E-state index >= 15 is 0 Å². The molecule has 1 amide bonds. The van der Waals surface area contributed by atoms with Crippen molar-refractivity contribution in [2.45, 2.75) is 64.6 Å². The van der Waals surface area contributed by atoms with Crippen molar-refractivity contribution in [1.29, 1.82) is 0 Å². The first-order valence-corrected chi connectivity index (χ1v) is 8.86. The van der Waals surface area contributed by atoms with Crippen molar-refractivity contribution in [3.8, 4) is 11.5 Å². The molecule has 0 aromatic heterocycles. The van der Waals surface area contributed by atoms with Crippen molar-refractivity contribution in [1.82, 2.24) is 5.32 Å². The molecule has 134 valence electrons. The van der Waals surface area contributed by atoms with Gasteiger partial charge in [-0.3, -0.25) is 4.79 Å². The van der Waals surface area contributed by atoms with Crippen molar-refractivity contribution in [3.63, 3.8) is 0 Å². The molecule has 1 aliphatic rings. The smallest absolute Gasteiger partial charge is 0.237 e. The van der Waals surface area contributed by atoms with E-state index in [4.69, 9.17) is 15.2 Å². The minimum atomic E-state index is -0.470. The predicted octanol–water partition coefficient (Wildman–Crippen LogP) is 3.01. The maximum atomic E-state index is 12.1. The zero-order chi connectivity index (χ0) is 17.5. The van der Waals surface area contributed by atoms with Crippen LogP contribution in [-0.4, -0.2) is 25.2 Å². The molecule has 0 saturated heterocycles. The molecule has 1 saturated carbocycles. The molecule has 0 spiro atoms.